The predicted octanol–water partition coefficient (Wildman–Crippen LogP) is 1.21. The maximum atomic E-state index is 12.3. The first-order valence-electron chi connectivity index (χ1n) is 7.38. The van der Waals surface area contributed by atoms with Gasteiger partial charge in [-0.1, -0.05) is 0 Å². The van der Waals surface area contributed by atoms with E-state index in [1.807, 2.05) is 0 Å². The van der Waals surface area contributed by atoms with Crippen molar-refractivity contribution in [3.63, 3.8) is 0 Å². The molecule has 24 heavy (non-hydrogen) atoms. The van der Waals surface area contributed by atoms with E-state index in [9.17, 15) is 24.8 Å². The molecular formula is C15H18N2O7. The minimum Gasteiger partial charge on any atom is -0.490 e. The molecule has 0 aliphatic carbocycles. The second-order valence-corrected chi connectivity index (χ2v) is 5.41. The van der Waals surface area contributed by atoms with Crippen molar-refractivity contribution in [2.75, 3.05) is 20.3 Å². The number of nitro benzene ring substituents is 1. The van der Waals surface area contributed by atoms with Crippen LogP contribution in [0.25, 0.3) is 0 Å². The number of aliphatic carboxylic acids is 1. The number of hydrogen-bond acceptors (Lipinski definition) is 6. The van der Waals surface area contributed by atoms with E-state index in [4.69, 9.17) is 9.47 Å². The quantitative estimate of drug-likeness (QED) is 0.589. The van der Waals surface area contributed by atoms with Gasteiger partial charge in [0.05, 0.1) is 18.6 Å². The Bertz CT molecular complexity index is 641. The first-order chi connectivity index (χ1) is 11.4. The fourth-order valence-electron chi connectivity index (χ4n) is 2.60. The van der Waals surface area contributed by atoms with Gasteiger partial charge in [-0.2, -0.15) is 0 Å². The minimum atomic E-state index is -1.15. The Labute approximate surface area is 137 Å². The highest BCUT2D eigenvalue weighted by atomic mass is 16.6. The smallest absolute Gasteiger partial charge is 0.326 e. The second-order valence-electron chi connectivity index (χ2n) is 5.41. The van der Waals surface area contributed by atoms with E-state index in [1.165, 1.54) is 19.2 Å². The second kappa shape index (κ2) is 7.73. The summed E-state index contributed by atoms with van der Waals surface area (Å²) in [6.45, 7) is 0.844. The molecule has 1 fully saturated rings. The van der Waals surface area contributed by atoms with Crippen molar-refractivity contribution in [3.8, 4) is 5.75 Å². The summed E-state index contributed by atoms with van der Waals surface area (Å²) in [5.74, 6) is -2.17. The summed E-state index contributed by atoms with van der Waals surface area (Å²) in [6.07, 6.45) is 1.37. The summed E-state index contributed by atoms with van der Waals surface area (Å²) in [6, 6.07) is 2.53. The van der Waals surface area contributed by atoms with E-state index in [-0.39, 0.29) is 29.5 Å². The van der Waals surface area contributed by atoms with Gasteiger partial charge in [0, 0.05) is 30.2 Å². The number of carbonyl (C=O) groups is 2. The number of nitro groups is 1. The number of hydrogen-bond donors (Lipinski definition) is 2. The van der Waals surface area contributed by atoms with Crippen LogP contribution in [0, 0.1) is 16.0 Å². The fourth-order valence-corrected chi connectivity index (χ4v) is 2.60. The Kier molecular flexibility index (Phi) is 5.69. The van der Waals surface area contributed by atoms with E-state index in [2.05, 4.69) is 5.32 Å². The summed E-state index contributed by atoms with van der Waals surface area (Å²) < 4.78 is 10.2. The van der Waals surface area contributed by atoms with Crippen molar-refractivity contribution in [1.82, 2.24) is 5.32 Å². The van der Waals surface area contributed by atoms with Crippen molar-refractivity contribution in [2.24, 2.45) is 5.92 Å². The molecule has 0 spiro atoms. The average Bonchev–Trinajstić information content (AvgIpc) is 2.59. The summed E-state index contributed by atoms with van der Waals surface area (Å²) in [5, 5.41) is 22.7. The van der Waals surface area contributed by atoms with Gasteiger partial charge in [0.1, 0.15) is 6.04 Å². The molecule has 2 unspecified atom stereocenters. The van der Waals surface area contributed by atoms with Crippen LogP contribution in [0.5, 0.6) is 5.75 Å². The number of methoxy groups -OCH3 is 1. The first-order valence-corrected chi connectivity index (χ1v) is 7.38. The van der Waals surface area contributed by atoms with Gasteiger partial charge in [-0.05, 0) is 18.9 Å². The largest absolute Gasteiger partial charge is 0.490 e. The molecule has 1 amide bonds. The molecule has 0 radical (unpaired) electrons. The molecule has 1 aromatic rings. The highest BCUT2D eigenvalue weighted by molar-refractivity contribution is 5.97. The topological polar surface area (TPSA) is 128 Å². The van der Waals surface area contributed by atoms with Gasteiger partial charge in [0.15, 0.2) is 5.75 Å². The van der Waals surface area contributed by atoms with Gasteiger partial charge in [-0.15, -0.1) is 0 Å². The third-order valence-corrected chi connectivity index (χ3v) is 3.86. The molecule has 1 aliphatic heterocycles. The van der Waals surface area contributed by atoms with Gasteiger partial charge in [0.2, 0.25) is 0 Å². The normalized spacial score (nSPS) is 18.5. The maximum absolute atomic E-state index is 12.3. The Balaban J connectivity index is 2.17. The third kappa shape index (κ3) is 3.99. The standard InChI is InChI=1S/C15H18N2O7/c1-23-12-7-9(4-5-11(12)17(21)22)14(18)16-13(15(19)20)10-3-2-6-24-8-10/h4-5,7,10,13H,2-3,6,8H2,1H3,(H,16,18)(H,19,20). The molecule has 130 valence electrons. The van der Waals surface area contributed by atoms with Crippen molar-refractivity contribution >= 4 is 17.6 Å². The van der Waals surface area contributed by atoms with Crippen LogP contribution in [-0.4, -0.2) is 48.3 Å². The molecule has 1 aromatic carbocycles. The summed E-state index contributed by atoms with van der Waals surface area (Å²) >= 11 is 0. The molecule has 0 saturated carbocycles. The lowest BCUT2D eigenvalue weighted by Crippen LogP contribution is -2.48. The molecule has 2 rings (SSSR count). The molecule has 2 N–H and O–H groups in total. The van der Waals surface area contributed by atoms with Crippen molar-refractivity contribution in [2.45, 2.75) is 18.9 Å². The molecule has 9 heteroatoms. The van der Waals surface area contributed by atoms with Crippen molar-refractivity contribution in [3.05, 3.63) is 33.9 Å². The summed E-state index contributed by atoms with van der Waals surface area (Å²) in [7, 11) is 1.25. The zero-order valence-electron chi connectivity index (χ0n) is 13.1. The van der Waals surface area contributed by atoms with E-state index in [0.717, 1.165) is 12.5 Å². The van der Waals surface area contributed by atoms with E-state index in [1.54, 1.807) is 0 Å². The molecule has 2 atom stereocenters. The number of amides is 1. The number of benzene rings is 1. The van der Waals surface area contributed by atoms with Crippen LogP contribution in [0.4, 0.5) is 5.69 Å². The number of carbonyl (C=O) groups excluding carboxylic acids is 1. The number of ether oxygens (including phenoxy) is 2. The number of nitrogens with one attached hydrogen (secondary N) is 1. The highest BCUT2D eigenvalue weighted by Gasteiger charge is 2.32. The molecule has 0 bridgehead atoms. The average molecular weight is 338 g/mol. The van der Waals surface area contributed by atoms with E-state index in [0.29, 0.717) is 13.0 Å². The van der Waals surface area contributed by atoms with Gasteiger partial charge in [-0.3, -0.25) is 14.9 Å². The number of carboxylic acids is 1. The summed E-state index contributed by atoms with van der Waals surface area (Å²) in [4.78, 5) is 34.0. The third-order valence-electron chi connectivity index (χ3n) is 3.86. The SMILES string of the molecule is COc1cc(C(=O)NC(C(=O)O)C2CCCOC2)ccc1[N+](=O)[O-]. The van der Waals surface area contributed by atoms with Crippen LogP contribution >= 0.6 is 0 Å². The molecular weight excluding hydrogens is 320 g/mol. The number of carboxylic acid groups (broad SMARTS) is 1. The minimum absolute atomic E-state index is 0.0690. The predicted molar refractivity (Wildman–Crippen MR) is 82.1 cm³/mol. The Morgan fingerprint density at radius 1 is 1.50 bits per heavy atom. The van der Waals surface area contributed by atoms with E-state index >= 15 is 0 Å². The zero-order valence-corrected chi connectivity index (χ0v) is 13.1. The number of rotatable bonds is 6. The zero-order chi connectivity index (χ0) is 17.7. The van der Waals surface area contributed by atoms with Crippen molar-refractivity contribution in [1.29, 1.82) is 0 Å². The van der Waals surface area contributed by atoms with Gasteiger partial charge < -0.3 is 19.9 Å². The van der Waals surface area contributed by atoms with Crippen LogP contribution in [0.1, 0.15) is 23.2 Å². The monoisotopic (exact) mass is 338 g/mol. The molecule has 1 saturated heterocycles. The van der Waals surface area contributed by atoms with Crippen LogP contribution in [0.2, 0.25) is 0 Å². The van der Waals surface area contributed by atoms with Gasteiger partial charge in [0.25, 0.3) is 5.91 Å². The molecule has 9 nitrogen and oxygen atoms in total. The lowest BCUT2D eigenvalue weighted by atomic mass is 9.93. The van der Waals surface area contributed by atoms with Crippen LogP contribution < -0.4 is 10.1 Å². The van der Waals surface area contributed by atoms with Crippen LogP contribution in [0.3, 0.4) is 0 Å². The Morgan fingerprint density at radius 2 is 2.25 bits per heavy atom. The lowest BCUT2D eigenvalue weighted by Gasteiger charge is -2.28. The maximum Gasteiger partial charge on any atom is 0.326 e. The fraction of sp³-hybridized carbons (Fsp3) is 0.467. The Morgan fingerprint density at radius 3 is 2.79 bits per heavy atom. The molecule has 0 aromatic heterocycles. The van der Waals surface area contributed by atoms with E-state index < -0.39 is 22.8 Å². The van der Waals surface area contributed by atoms with Gasteiger partial charge in [-0.25, -0.2) is 4.79 Å². The lowest BCUT2D eigenvalue weighted by molar-refractivity contribution is -0.385. The highest BCUT2D eigenvalue weighted by Crippen LogP contribution is 2.27. The van der Waals surface area contributed by atoms with Crippen molar-refractivity contribution < 1.29 is 29.1 Å². The van der Waals surface area contributed by atoms with Gasteiger partial charge >= 0.3 is 11.7 Å². The Hall–Kier alpha value is -2.68. The first kappa shape index (κ1) is 17.7. The summed E-state index contributed by atoms with van der Waals surface area (Å²) in [5.41, 5.74) is -0.190. The molecule has 1 heterocycles. The van der Waals surface area contributed by atoms with Crippen LogP contribution in [-0.2, 0) is 9.53 Å². The molecule has 1 aliphatic rings. The number of nitrogens with zero attached hydrogens (tertiary/aromatic N) is 1. The van der Waals surface area contributed by atoms with Crippen LogP contribution in [0.15, 0.2) is 18.2 Å².